The Bertz CT molecular complexity index is 1590. The number of halogens is 1. The van der Waals surface area contributed by atoms with E-state index >= 15 is 0 Å². The zero-order valence-corrected chi connectivity index (χ0v) is 21.4. The van der Waals surface area contributed by atoms with Gasteiger partial charge < -0.3 is 13.9 Å². The van der Waals surface area contributed by atoms with Crippen LogP contribution in [-0.2, 0) is 22.4 Å². The van der Waals surface area contributed by atoms with Crippen molar-refractivity contribution in [3.8, 4) is 22.6 Å². The summed E-state index contributed by atoms with van der Waals surface area (Å²) in [6, 6.07) is 20.3. The fourth-order valence-corrected chi connectivity index (χ4v) is 4.80. The van der Waals surface area contributed by atoms with Gasteiger partial charge in [0.25, 0.3) is 5.91 Å². The van der Waals surface area contributed by atoms with Crippen LogP contribution in [0.4, 0.5) is 0 Å². The summed E-state index contributed by atoms with van der Waals surface area (Å²) in [4.78, 5) is 24.6. The van der Waals surface area contributed by atoms with Crippen molar-refractivity contribution >= 4 is 28.5 Å². The molecule has 1 N–H and O–H groups in total. The number of carbonyl (C=O) groups is 1. The topological polar surface area (TPSA) is 77.8 Å². The lowest BCUT2D eigenvalue weighted by Gasteiger charge is -2.20. The maximum Gasteiger partial charge on any atom is 0.336 e. The van der Waals surface area contributed by atoms with Gasteiger partial charge in [0.1, 0.15) is 17.1 Å². The molecule has 7 heteroatoms. The van der Waals surface area contributed by atoms with Gasteiger partial charge in [-0.2, -0.15) is 0 Å². The Hall–Kier alpha value is -4.03. The molecule has 1 aromatic heterocycles. The molecular formula is C30H26ClNO5. The molecule has 4 aromatic rings. The highest BCUT2D eigenvalue weighted by Gasteiger charge is 2.42. The number of benzene rings is 3. The Morgan fingerprint density at radius 2 is 1.89 bits per heavy atom. The summed E-state index contributed by atoms with van der Waals surface area (Å²) in [7, 11) is 0. The van der Waals surface area contributed by atoms with E-state index in [0.29, 0.717) is 22.8 Å². The minimum absolute atomic E-state index is 0.214. The second kappa shape index (κ2) is 9.79. The first-order chi connectivity index (χ1) is 17.7. The molecule has 5 rings (SSSR count). The summed E-state index contributed by atoms with van der Waals surface area (Å²) in [6.45, 7) is 7.54. The maximum absolute atomic E-state index is 12.3. The molecule has 3 aromatic carbocycles. The van der Waals surface area contributed by atoms with Crippen molar-refractivity contribution in [2.45, 2.75) is 38.7 Å². The van der Waals surface area contributed by atoms with Crippen LogP contribution in [0.1, 0.15) is 31.4 Å². The molecule has 1 aliphatic heterocycles. The molecule has 1 amide bonds. The summed E-state index contributed by atoms with van der Waals surface area (Å²) in [5.74, 6) is 1.43. The van der Waals surface area contributed by atoms with Gasteiger partial charge in [-0.05, 0) is 78.6 Å². The number of hydrogen-bond acceptors (Lipinski definition) is 5. The number of hydrogen-bond donors (Lipinski definition) is 1. The van der Waals surface area contributed by atoms with Gasteiger partial charge in [-0.15, -0.1) is 0 Å². The second-order valence-corrected chi connectivity index (χ2v) is 9.76. The molecule has 1 saturated heterocycles. The maximum atomic E-state index is 12.3. The highest BCUT2D eigenvalue weighted by atomic mass is 35.5. The highest BCUT2D eigenvalue weighted by Crippen LogP contribution is 2.35. The van der Waals surface area contributed by atoms with Crippen molar-refractivity contribution in [1.82, 2.24) is 5.32 Å². The van der Waals surface area contributed by atoms with Crippen LogP contribution in [0.5, 0.6) is 11.5 Å². The van der Waals surface area contributed by atoms with E-state index < -0.39 is 11.2 Å². The first-order valence-corrected chi connectivity index (χ1v) is 12.4. The number of amides is 1. The molecule has 0 bridgehead atoms. The largest absolute Gasteiger partial charge is 0.463 e. The molecule has 2 heterocycles. The van der Waals surface area contributed by atoms with Crippen molar-refractivity contribution in [2.75, 3.05) is 0 Å². The van der Waals surface area contributed by atoms with Gasteiger partial charge in [0.2, 0.25) is 0 Å². The third-order valence-corrected chi connectivity index (χ3v) is 6.58. The minimum Gasteiger partial charge on any atom is -0.463 e. The minimum atomic E-state index is -1.01. The van der Waals surface area contributed by atoms with Crippen LogP contribution in [-0.4, -0.2) is 11.5 Å². The molecule has 1 aliphatic rings. The zero-order valence-electron chi connectivity index (χ0n) is 20.6. The Balaban J connectivity index is 1.46. The molecule has 0 spiro atoms. The summed E-state index contributed by atoms with van der Waals surface area (Å²) >= 11 is 6.10. The van der Waals surface area contributed by atoms with E-state index in [9.17, 15) is 9.59 Å². The van der Waals surface area contributed by atoms with Gasteiger partial charge in [-0.3, -0.25) is 10.1 Å². The number of fused-ring (bicyclic) bond motifs is 1. The average Bonchev–Trinajstić information content (AvgIpc) is 3.10. The summed E-state index contributed by atoms with van der Waals surface area (Å²) in [6.07, 6.45) is 2.09. The van der Waals surface area contributed by atoms with E-state index in [4.69, 9.17) is 25.5 Å². The molecule has 6 nitrogen and oxygen atoms in total. The molecule has 1 atom stereocenters. The molecule has 1 fully saturated rings. The van der Waals surface area contributed by atoms with Crippen molar-refractivity contribution in [3.63, 3.8) is 0 Å². The fourth-order valence-electron chi connectivity index (χ4n) is 4.64. The predicted molar refractivity (Wildman–Crippen MR) is 144 cm³/mol. The molecule has 0 aliphatic carbocycles. The van der Waals surface area contributed by atoms with Crippen molar-refractivity contribution in [3.05, 3.63) is 106 Å². The number of rotatable bonds is 7. The second-order valence-electron chi connectivity index (χ2n) is 9.33. The zero-order chi connectivity index (χ0) is 26.2. The Labute approximate surface area is 219 Å². The van der Waals surface area contributed by atoms with Gasteiger partial charge in [-0.25, -0.2) is 4.79 Å². The quantitative estimate of drug-likeness (QED) is 0.274. The van der Waals surface area contributed by atoms with Crippen LogP contribution in [0.15, 0.2) is 88.4 Å². The van der Waals surface area contributed by atoms with Gasteiger partial charge in [0.15, 0.2) is 11.5 Å². The average molecular weight is 516 g/mol. The van der Waals surface area contributed by atoms with Gasteiger partial charge in [-0.1, -0.05) is 43.1 Å². The summed E-state index contributed by atoms with van der Waals surface area (Å²) < 4.78 is 17.3. The van der Waals surface area contributed by atoms with Crippen LogP contribution in [0.2, 0.25) is 5.02 Å². The van der Waals surface area contributed by atoms with Crippen LogP contribution in [0.25, 0.3) is 22.1 Å². The van der Waals surface area contributed by atoms with Crippen LogP contribution >= 0.6 is 11.6 Å². The highest BCUT2D eigenvalue weighted by molar-refractivity contribution is 6.31. The smallest absolute Gasteiger partial charge is 0.336 e. The first-order valence-electron chi connectivity index (χ1n) is 12.1. The van der Waals surface area contributed by atoms with E-state index in [0.717, 1.165) is 46.2 Å². The lowest BCUT2D eigenvalue weighted by Crippen LogP contribution is -2.38. The number of aryl methyl sites for hydroxylation is 1. The van der Waals surface area contributed by atoms with Gasteiger partial charge in [0.05, 0.1) is 0 Å². The number of ether oxygens (including phenoxy) is 2. The molecule has 37 heavy (non-hydrogen) atoms. The fraction of sp³-hybridized carbons (Fsp3) is 0.200. The molecule has 0 unspecified atom stereocenters. The predicted octanol–water partition coefficient (Wildman–Crippen LogP) is 6.78. The summed E-state index contributed by atoms with van der Waals surface area (Å²) in [5, 5.41) is 3.93. The molecular weight excluding hydrogens is 490 g/mol. The molecule has 0 saturated carbocycles. The monoisotopic (exact) mass is 515 g/mol. The Kier molecular flexibility index (Phi) is 6.52. The molecule has 188 valence electrons. The standard InChI is InChI=1S/C30H26ClNO5/c1-4-6-21-14-20(25-16-28(33)36-27-15-22(31)10-11-24(25)27)9-12-26(21)35-23-8-5-7-19(13-23)17-30(3)29(34)32-18(2)37-30/h5,7-16H,2,4,6,17H2,1,3H3,(H,32,34)/t30-/m1/s1. The van der Waals surface area contributed by atoms with Crippen molar-refractivity contribution in [2.24, 2.45) is 0 Å². The van der Waals surface area contributed by atoms with Gasteiger partial charge in [0, 0.05) is 29.0 Å². The van der Waals surface area contributed by atoms with E-state index in [1.807, 2.05) is 42.5 Å². The van der Waals surface area contributed by atoms with E-state index in [1.54, 1.807) is 19.1 Å². The Morgan fingerprint density at radius 1 is 1.05 bits per heavy atom. The Morgan fingerprint density at radius 3 is 2.65 bits per heavy atom. The number of carbonyl (C=O) groups excluding carboxylic acids is 1. The number of nitrogens with one attached hydrogen (secondary N) is 1. The SMILES string of the molecule is C=C1NC(=O)[C@@](C)(Cc2cccc(Oc3ccc(-c4cc(=O)oc5cc(Cl)ccc45)cc3CCC)c2)O1. The van der Waals surface area contributed by atoms with Crippen molar-refractivity contribution in [1.29, 1.82) is 0 Å². The lowest BCUT2D eigenvalue weighted by molar-refractivity contribution is -0.130. The molecule has 0 radical (unpaired) electrons. The third-order valence-electron chi connectivity index (χ3n) is 6.35. The van der Waals surface area contributed by atoms with Gasteiger partial charge >= 0.3 is 5.63 Å². The lowest BCUT2D eigenvalue weighted by atomic mass is 9.96. The van der Waals surface area contributed by atoms with E-state index in [1.165, 1.54) is 6.07 Å². The van der Waals surface area contributed by atoms with E-state index in [-0.39, 0.29) is 11.8 Å². The summed E-state index contributed by atoms with van der Waals surface area (Å²) in [5.41, 5.74) is 2.58. The van der Waals surface area contributed by atoms with Crippen LogP contribution in [0, 0.1) is 0 Å². The van der Waals surface area contributed by atoms with Crippen LogP contribution in [0.3, 0.4) is 0 Å². The van der Waals surface area contributed by atoms with Crippen molar-refractivity contribution < 1.29 is 18.7 Å². The third kappa shape index (κ3) is 5.11. The van der Waals surface area contributed by atoms with Crippen LogP contribution < -0.4 is 15.7 Å². The van der Waals surface area contributed by atoms with E-state index in [2.05, 4.69) is 24.9 Å². The first kappa shape index (κ1) is 24.7. The normalized spacial score (nSPS) is 17.1.